The second kappa shape index (κ2) is 22.5. The number of aliphatic hydroxyl groups is 3. The van der Waals surface area contributed by atoms with Gasteiger partial charge in [0.25, 0.3) is 11.7 Å². The summed E-state index contributed by atoms with van der Waals surface area (Å²) >= 11 is 0. The summed E-state index contributed by atoms with van der Waals surface area (Å²) in [6, 6.07) is -1.10. The van der Waals surface area contributed by atoms with Crippen molar-refractivity contribution in [3.8, 4) is 0 Å². The van der Waals surface area contributed by atoms with E-state index in [2.05, 4.69) is 45.9 Å². The van der Waals surface area contributed by atoms with Crippen LogP contribution in [0.2, 0.25) is 0 Å². The first-order chi connectivity index (χ1) is 28.4. The van der Waals surface area contributed by atoms with E-state index in [0.29, 0.717) is 44.9 Å². The molecule has 13 heteroatoms. The van der Waals surface area contributed by atoms with Crippen LogP contribution in [0, 0.1) is 29.6 Å². The Morgan fingerprint density at radius 1 is 0.900 bits per heavy atom. The molecule has 1 aliphatic carbocycles. The van der Waals surface area contributed by atoms with Crippen LogP contribution >= 0.6 is 0 Å². The minimum absolute atomic E-state index is 0.0321. The Balaban J connectivity index is 1.82. The van der Waals surface area contributed by atoms with Crippen molar-refractivity contribution in [1.29, 1.82) is 0 Å². The molecule has 0 aromatic carbocycles. The lowest BCUT2D eigenvalue weighted by Gasteiger charge is -2.47. The fraction of sp³-hybridized carbons (Fsp3) is 0.787. The number of ketones is 1. The van der Waals surface area contributed by atoms with Gasteiger partial charge in [0.2, 0.25) is 5.79 Å². The smallest absolute Gasteiger partial charge is 0.329 e. The molecule has 0 aromatic rings. The average molecular weight is 845 g/mol. The van der Waals surface area contributed by atoms with Crippen molar-refractivity contribution in [1.82, 2.24) is 4.90 Å². The Morgan fingerprint density at radius 2 is 1.57 bits per heavy atom. The van der Waals surface area contributed by atoms with E-state index in [4.69, 9.17) is 28.7 Å². The molecule has 3 heterocycles. The number of ether oxygens (including phenoxy) is 5. The number of fused-ring (bicyclic) bond motifs is 3. The third-order valence-electron chi connectivity index (χ3n) is 13.5. The molecule has 2 saturated heterocycles. The first-order valence-corrected chi connectivity index (χ1v) is 22.3. The fourth-order valence-electron chi connectivity index (χ4n) is 9.85. The molecule has 14 unspecified atom stereocenters. The van der Waals surface area contributed by atoms with Crippen LogP contribution in [0.5, 0.6) is 0 Å². The molecule has 0 aromatic heterocycles. The summed E-state index contributed by atoms with van der Waals surface area (Å²) in [7, 11) is 6.45. The van der Waals surface area contributed by atoms with Gasteiger partial charge in [-0.15, -0.1) is 0 Å². The SMILES string of the molecule is CN=C1CC(O)C(C)C(C(C)=CC2CCC(O)C(OC)C2)OC(=O)C2CCCCN2C(=O)C(=O)C2(O)OC(C(OC)CC(C)CC(C)/C=C/1CC=C(C)C)C(OC)CC2C. The molecule has 0 radical (unpaired) electrons. The maximum absolute atomic E-state index is 14.5. The molecule has 60 heavy (non-hydrogen) atoms. The molecule has 1 amide bonds. The number of carbonyl (C=O) groups is 3. The van der Waals surface area contributed by atoms with E-state index >= 15 is 0 Å². The van der Waals surface area contributed by atoms with Crippen LogP contribution in [0.1, 0.15) is 119 Å². The number of nitrogens with zero attached hydrogens (tertiary/aromatic N) is 2. The standard InChI is InChI=1S/C47H76N2O11/c1-27(2)15-17-34-21-28(3)20-29(4)22-40(57-10)43-41(58-11)24-31(6)47(55,60-43)44(52)45(53)49-19-13-12-14-36(49)46(54)59-42(32(7)38(51)26-35(34)48-8)30(5)23-33-16-18-37(50)39(25-33)56-9/h15,21,23,28-29,31-33,36-43,50-51,55H,12-14,16-20,22,24-26H2,1-11H3/b30-23?,34-21+,48-35?. The van der Waals surface area contributed by atoms with Crippen molar-refractivity contribution in [3.05, 3.63) is 34.9 Å². The Morgan fingerprint density at radius 3 is 2.20 bits per heavy atom. The van der Waals surface area contributed by atoms with E-state index in [1.165, 1.54) is 4.90 Å². The van der Waals surface area contributed by atoms with Crippen LogP contribution in [0.4, 0.5) is 0 Å². The quantitative estimate of drug-likeness (QED) is 0.158. The third kappa shape index (κ3) is 12.2. The summed E-state index contributed by atoms with van der Waals surface area (Å²) in [5.74, 6) is -6.49. The number of Topliss-reactive ketones (excluding diaryl/α,β-unsaturated/α-hetero) is 1. The summed E-state index contributed by atoms with van der Waals surface area (Å²) in [5.41, 5.74) is 3.67. The number of hydrogen-bond acceptors (Lipinski definition) is 12. The maximum Gasteiger partial charge on any atom is 0.329 e. The second-order valence-corrected chi connectivity index (χ2v) is 18.5. The van der Waals surface area contributed by atoms with Crippen LogP contribution in [0.15, 0.2) is 39.9 Å². The molecule has 2 bridgehead atoms. The third-order valence-corrected chi connectivity index (χ3v) is 13.5. The summed E-state index contributed by atoms with van der Waals surface area (Å²) < 4.78 is 30.2. The molecule has 4 aliphatic rings. The van der Waals surface area contributed by atoms with Crippen LogP contribution in [-0.4, -0.2) is 133 Å². The van der Waals surface area contributed by atoms with E-state index < -0.39 is 77.9 Å². The van der Waals surface area contributed by atoms with E-state index in [9.17, 15) is 29.7 Å². The highest BCUT2D eigenvalue weighted by atomic mass is 16.7. The van der Waals surface area contributed by atoms with E-state index in [1.54, 1.807) is 35.3 Å². The lowest BCUT2D eigenvalue weighted by atomic mass is 9.81. The molecule has 340 valence electrons. The Bertz CT molecular complexity index is 1590. The van der Waals surface area contributed by atoms with Gasteiger partial charge in [-0.05, 0) is 114 Å². The maximum atomic E-state index is 14.5. The van der Waals surface area contributed by atoms with Crippen LogP contribution < -0.4 is 0 Å². The lowest BCUT2D eigenvalue weighted by Crippen LogP contribution is -2.64. The number of aliphatic imine (C=N–C) groups is 1. The van der Waals surface area contributed by atoms with E-state index in [1.807, 2.05) is 13.8 Å². The van der Waals surface area contributed by atoms with Crippen molar-refractivity contribution in [3.63, 3.8) is 0 Å². The van der Waals surface area contributed by atoms with Gasteiger partial charge in [-0.3, -0.25) is 14.6 Å². The van der Waals surface area contributed by atoms with Crippen molar-refractivity contribution in [2.75, 3.05) is 34.9 Å². The summed E-state index contributed by atoms with van der Waals surface area (Å²) in [5, 5.41) is 34.7. The number of amides is 1. The number of cyclic esters (lactones) is 1. The number of methoxy groups -OCH3 is 3. The Hall–Kier alpha value is -2.78. The fourth-order valence-corrected chi connectivity index (χ4v) is 9.85. The zero-order valence-electron chi connectivity index (χ0n) is 38.2. The molecular weight excluding hydrogens is 769 g/mol. The highest BCUT2D eigenvalue weighted by Gasteiger charge is 2.56. The minimum atomic E-state index is -2.48. The number of hydrogen-bond donors (Lipinski definition) is 3. The van der Waals surface area contributed by atoms with Gasteiger partial charge in [-0.1, -0.05) is 51.5 Å². The van der Waals surface area contributed by atoms with Gasteiger partial charge in [-0.2, -0.15) is 0 Å². The zero-order valence-corrected chi connectivity index (χ0v) is 38.2. The molecule has 4 rings (SSSR count). The highest BCUT2D eigenvalue weighted by molar-refractivity contribution is 6.39. The van der Waals surface area contributed by atoms with Gasteiger partial charge < -0.3 is 43.9 Å². The number of allylic oxidation sites excluding steroid dienone is 5. The Kier molecular flexibility index (Phi) is 18.7. The highest BCUT2D eigenvalue weighted by Crippen LogP contribution is 2.39. The predicted molar refractivity (Wildman–Crippen MR) is 230 cm³/mol. The van der Waals surface area contributed by atoms with Crippen molar-refractivity contribution in [2.45, 2.75) is 174 Å². The Labute approximate surface area is 359 Å². The van der Waals surface area contributed by atoms with Gasteiger partial charge in [0.15, 0.2) is 0 Å². The number of aliphatic hydroxyl groups excluding tert-OH is 2. The van der Waals surface area contributed by atoms with Crippen molar-refractivity contribution >= 4 is 23.4 Å². The minimum Gasteiger partial charge on any atom is -0.456 e. The van der Waals surface area contributed by atoms with E-state index in [-0.39, 0.29) is 49.7 Å². The number of rotatable bonds is 7. The second-order valence-electron chi connectivity index (χ2n) is 18.5. The first-order valence-electron chi connectivity index (χ1n) is 22.3. The van der Waals surface area contributed by atoms with Gasteiger partial charge in [0.1, 0.15) is 18.2 Å². The predicted octanol–water partition coefficient (Wildman–Crippen LogP) is 5.92. The van der Waals surface area contributed by atoms with E-state index in [0.717, 1.165) is 28.9 Å². The molecule has 3 aliphatic heterocycles. The van der Waals surface area contributed by atoms with Crippen LogP contribution in [-0.2, 0) is 38.1 Å². The lowest BCUT2D eigenvalue weighted by molar-refractivity contribution is -0.302. The molecular formula is C47H76N2O11. The monoisotopic (exact) mass is 845 g/mol. The molecule has 3 N–H and O–H groups in total. The number of esters is 1. The summed E-state index contributed by atoms with van der Waals surface area (Å²) in [6.45, 7) is 13.9. The normalized spacial score (nSPS) is 40.2. The molecule has 14 atom stereocenters. The van der Waals surface area contributed by atoms with Crippen molar-refractivity contribution < 1.29 is 53.4 Å². The van der Waals surface area contributed by atoms with Gasteiger partial charge in [0, 0.05) is 58.9 Å². The molecule has 0 spiro atoms. The van der Waals surface area contributed by atoms with Crippen molar-refractivity contribution in [2.24, 2.45) is 34.6 Å². The molecule has 13 nitrogen and oxygen atoms in total. The number of carbonyl (C=O) groups excluding carboxylic acids is 3. The van der Waals surface area contributed by atoms with Crippen LogP contribution in [0.3, 0.4) is 0 Å². The largest absolute Gasteiger partial charge is 0.456 e. The average Bonchev–Trinajstić information content (AvgIpc) is 3.22. The van der Waals surface area contributed by atoms with Crippen LogP contribution in [0.25, 0.3) is 0 Å². The molecule has 1 saturated carbocycles. The summed E-state index contributed by atoms with van der Waals surface area (Å²) in [4.78, 5) is 49.1. The number of piperidine rings is 1. The zero-order chi connectivity index (χ0) is 44.5. The van der Waals surface area contributed by atoms with Gasteiger partial charge in [0.05, 0.1) is 30.5 Å². The first kappa shape index (κ1) is 49.9. The van der Waals surface area contributed by atoms with Gasteiger partial charge >= 0.3 is 5.97 Å². The molecule has 3 fully saturated rings. The topological polar surface area (TPSA) is 174 Å². The van der Waals surface area contributed by atoms with Gasteiger partial charge in [-0.25, -0.2) is 4.79 Å². The summed E-state index contributed by atoms with van der Waals surface area (Å²) in [6.07, 6.45) is 7.41.